The van der Waals surface area contributed by atoms with Gasteiger partial charge in [0.2, 0.25) is 5.91 Å². The number of rotatable bonds is 6. The summed E-state index contributed by atoms with van der Waals surface area (Å²) in [5, 5.41) is 15.3. The molecule has 170 valence electrons. The van der Waals surface area contributed by atoms with Crippen LogP contribution in [0, 0.1) is 6.92 Å². The molecule has 0 saturated heterocycles. The summed E-state index contributed by atoms with van der Waals surface area (Å²) < 4.78 is 42.6. The van der Waals surface area contributed by atoms with Gasteiger partial charge in [0.15, 0.2) is 11.0 Å². The van der Waals surface area contributed by atoms with Crippen molar-refractivity contribution in [1.29, 1.82) is 0 Å². The second-order valence-corrected chi connectivity index (χ2v) is 8.03. The molecular weight excluding hydrogens is 455 g/mol. The molecule has 0 aliphatic heterocycles. The Hall–Kier alpha value is -3.67. The minimum Gasteiger partial charge on any atom is -0.323 e. The van der Waals surface area contributed by atoms with Crippen molar-refractivity contribution in [2.45, 2.75) is 18.3 Å². The minimum atomic E-state index is -4.56. The van der Waals surface area contributed by atoms with Crippen LogP contribution in [0.3, 0.4) is 0 Å². The average Bonchev–Trinajstić information content (AvgIpc) is 3.42. The fraction of sp³-hybridized carbons (Fsp3) is 0.190. The Kier molecular flexibility index (Phi) is 6.18. The van der Waals surface area contributed by atoms with Crippen molar-refractivity contribution in [3.05, 3.63) is 66.2 Å². The number of nitrogens with zero attached hydrogens (tertiary/aromatic N) is 6. The summed E-state index contributed by atoms with van der Waals surface area (Å²) in [5.74, 6) is 0.0794. The van der Waals surface area contributed by atoms with Crippen LogP contribution in [-0.4, -0.2) is 41.2 Å². The fourth-order valence-electron chi connectivity index (χ4n) is 3.16. The Morgan fingerprint density at radius 1 is 1.15 bits per heavy atom. The standard InChI is InChI=1S/C21H18F3N7OS/c1-13-5-3-4-6-15(13)19-28-29-20(30(19)2)33-10-18(32)27-16-9-14(21(22,23)24)7-8-17(16)31-12-25-11-26-31/h3-9,11-12H,10H2,1-2H3,(H,27,32). The number of halogens is 3. The summed E-state index contributed by atoms with van der Waals surface area (Å²) in [7, 11) is 1.79. The zero-order valence-corrected chi connectivity index (χ0v) is 18.4. The largest absolute Gasteiger partial charge is 0.416 e. The summed E-state index contributed by atoms with van der Waals surface area (Å²) in [5.41, 5.74) is 1.31. The summed E-state index contributed by atoms with van der Waals surface area (Å²) in [4.78, 5) is 16.4. The molecule has 0 spiro atoms. The molecule has 0 bridgehead atoms. The Bertz CT molecular complexity index is 1290. The van der Waals surface area contributed by atoms with E-state index in [-0.39, 0.29) is 17.1 Å². The number of benzene rings is 2. The molecule has 33 heavy (non-hydrogen) atoms. The molecule has 4 rings (SSSR count). The van der Waals surface area contributed by atoms with Gasteiger partial charge >= 0.3 is 6.18 Å². The van der Waals surface area contributed by atoms with Gasteiger partial charge in [-0.2, -0.15) is 18.3 Å². The summed E-state index contributed by atoms with van der Waals surface area (Å²) in [6, 6.07) is 10.8. The number of hydrogen-bond donors (Lipinski definition) is 1. The van der Waals surface area contributed by atoms with Gasteiger partial charge in [0.05, 0.1) is 22.7 Å². The monoisotopic (exact) mass is 473 g/mol. The molecule has 2 aromatic heterocycles. The van der Waals surface area contributed by atoms with Crippen LogP contribution in [-0.2, 0) is 18.0 Å². The van der Waals surface area contributed by atoms with E-state index in [2.05, 4.69) is 25.6 Å². The van der Waals surface area contributed by atoms with E-state index in [4.69, 9.17) is 0 Å². The Balaban J connectivity index is 1.51. The van der Waals surface area contributed by atoms with Gasteiger partial charge < -0.3 is 9.88 Å². The van der Waals surface area contributed by atoms with Crippen LogP contribution in [0.4, 0.5) is 18.9 Å². The van der Waals surface area contributed by atoms with Gasteiger partial charge in [-0.3, -0.25) is 4.79 Å². The lowest BCUT2D eigenvalue weighted by molar-refractivity contribution is -0.137. The van der Waals surface area contributed by atoms with Gasteiger partial charge in [0.25, 0.3) is 0 Å². The predicted octanol–water partition coefficient (Wildman–Crippen LogP) is 4.12. The number of anilines is 1. The highest BCUT2D eigenvalue weighted by atomic mass is 32.2. The van der Waals surface area contributed by atoms with Crippen LogP contribution in [0.15, 0.2) is 60.3 Å². The first-order chi connectivity index (χ1) is 15.7. The van der Waals surface area contributed by atoms with E-state index in [0.29, 0.717) is 11.0 Å². The fourth-order valence-corrected chi connectivity index (χ4v) is 3.87. The molecule has 0 saturated carbocycles. The molecule has 8 nitrogen and oxygen atoms in total. The maximum Gasteiger partial charge on any atom is 0.416 e. The molecule has 4 aromatic rings. The average molecular weight is 473 g/mol. The third-order valence-electron chi connectivity index (χ3n) is 4.82. The van der Waals surface area contributed by atoms with Crippen molar-refractivity contribution in [3.63, 3.8) is 0 Å². The van der Waals surface area contributed by atoms with Crippen LogP contribution in [0.5, 0.6) is 0 Å². The van der Waals surface area contributed by atoms with E-state index in [1.54, 1.807) is 11.6 Å². The van der Waals surface area contributed by atoms with Crippen molar-refractivity contribution in [1.82, 2.24) is 29.5 Å². The van der Waals surface area contributed by atoms with E-state index in [1.807, 2.05) is 31.2 Å². The Morgan fingerprint density at radius 2 is 1.94 bits per heavy atom. The zero-order chi connectivity index (χ0) is 23.6. The number of thioether (sulfide) groups is 1. The van der Waals surface area contributed by atoms with E-state index in [0.717, 1.165) is 35.0 Å². The second kappa shape index (κ2) is 9.06. The molecule has 0 atom stereocenters. The quantitative estimate of drug-likeness (QED) is 0.424. The lowest BCUT2D eigenvalue weighted by atomic mass is 10.1. The Morgan fingerprint density at radius 3 is 2.64 bits per heavy atom. The third kappa shape index (κ3) is 4.90. The van der Waals surface area contributed by atoms with Gasteiger partial charge in [-0.05, 0) is 30.7 Å². The molecule has 0 aliphatic carbocycles. The smallest absolute Gasteiger partial charge is 0.323 e. The van der Waals surface area contributed by atoms with Crippen LogP contribution in [0.2, 0.25) is 0 Å². The molecule has 1 amide bonds. The molecule has 0 aliphatic rings. The van der Waals surface area contributed by atoms with Gasteiger partial charge in [-0.1, -0.05) is 36.0 Å². The molecule has 0 radical (unpaired) electrons. The third-order valence-corrected chi connectivity index (χ3v) is 5.84. The normalized spacial score (nSPS) is 11.5. The van der Waals surface area contributed by atoms with Crippen molar-refractivity contribution in [2.24, 2.45) is 7.05 Å². The number of carbonyl (C=O) groups is 1. The van der Waals surface area contributed by atoms with Gasteiger partial charge in [-0.15, -0.1) is 10.2 Å². The number of nitrogens with one attached hydrogen (secondary N) is 1. The maximum atomic E-state index is 13.2. The van der Waals surface area contributed by atoms with Crippen molar-refractivity contribution in [3.8, 4) is 17.1 Å². The van der Waals surface area contributed by atoms with Crippen LogP contribution in [0.25, 0.3) is 17.1 Å². The Labute approximate surface area is 190 Å². The number of aryl methyl sites for hydroxylation is 1. The highest BCUT2D eigenvalue weighted by Crippen LogP contribution is 2.33. The van der Waals surface area contributed by atoms with E-state index < -0.39 is 17.6 Å². The van der Waals surface area contributed by atoms with Crippen molar-refractivity contribution in [2.75, 3.05) is 11.1 Å². The summed E-state index contributed by atoms with van der Waals surface area (Å²) >= 11 is 1.13. The zero-order valence-electron chi connectivity index (χ0n) is 17.5. The van der Waals surface area contributed by atoms with Crippen LogP contribution in [0.1, 0.15) is 11.1 Å². The molecule has 0 fully saturated rings. The lowest BCUT2D eigenvalue weighted by Gasteiger charge is -2.14. The van der Waals surface area contributed by atoms with E-state index >= 15 is 0 Å². The van der Waals surface area contributed by atoms with Crippen molar-refractivity contribution >= 4 is 23.4 Å². The van der Waals surface area contributed by atoms with Crippen LogP contribution >= 0.6 is 11.8 Å². The summed E-state index contributed by atoms with van der Waals surface area (Å²) in [6.07, 6.45) is -1.97. The molecular formula is C21H18F3N7OS. The lowest BCUT2D eigenvalue weighted by Crippen LogP contribution is -2.17. The topological polar surface area (TPSA) is 90.5 Å². The number of aromatic nitrogens is 6. The molecule has 2 heterocycles. The second-order valence-electron chi connectivity index (χ2n) is 7.09. The number of amides is 1. The molecule has 12 heteroatoms. The molecule has 2 aromatic carbocycles. The minimum absolute atomic E-state index is 0.0283. The van der Waals surface area contributed by atoms with Gasteiger partial charge in [0, 0.05) is 12.6 Å². The predicted molar refractivity (Wildman–Crippen MR) is 117 cm³/mol. The van der Waals surface area contributed by atoms with Crippen LogP contribution < -0.4 is 5.32 Å². The molecule has 1 N–H and O–H groups in total. The van der Waals surface area contributed by atoms with Gasteiger partial charge in [0.1, 0.15) is 12.7 Å². The first-order valence-electron chi connectivity index (χ1n) is 9.68. The van der Waals surface area contributed by atoms with E-state index in [9.17, 15) is 18.0 Å². The first-order valence-corrected chi connectivity index (χ1v) is 10.7. The SMILES string of the molecule is Cc1ccccc1-c1nnc(SCC(=O)Nc2cc(C(F)(F)F)ccc2-n2cncn2)n1C. The van der Waals surface area contributed by atoms with Crippen molar-refractivity contribution < 1.29 is 18.0 Å². The molecule has 0 unspecified atom stereocenters. The first kappa shape index (κ1) is 22.5. The highest BCUT2D eigenvalue weighted by molar-refractivity contribution is 7.99. The maximum absolute atomic E-state index is 13.2. The summed E-state index contributed by atoms with van der Waals surface area (Å²) in [6.45, 7) is 1.96. The number of hydrogen-bond acceptors (Lipinski definition) is 6. The number of carbonyl (C=O) groups excluding carboxylic acids is 1. The van der Waals surface area contributed by atoms with E-state index in [1.165, 1.54) is 23.4 Å². The number of alkyl halides is 3. The highest BCUT2D eigenvalue weighted by Gasteiger charge is 2.31. The van der Waals surface area contributed by atoms with Gasteiger partial charge in [-0.25, -0.2) is 9.67 Å².